The van der Waals surface area contributed by atoms with E-state index >= 15 is 0 Å². The molecule has 1 atom stereocenters. The molecule has 0 aliphatic rings. The molecule has 0 fully saturated rings. The van der Waals surface area contributed by atoms with Crippen molar-refractivity contribution in [2.24, 2.45) is 4.99 Å². The van der Waals surface area contributed by atoms with Crippen molar-refractivity contribution >= 4 is 16.9 Å². The average molecular weight is 219 g/mol. The van der Waals surface area contributed by atoms with E-state index in [9.17, 15) is 0 Å². The van der Waals surface area contributed by atoms with Crippen LogP contribution in [0.3, 0.4) is 0 Å². The van der Waals surface area contributed by atoms with Crippen molar-refractivity contribution in [2.45, 2.75) is 13.0 Å². The Labute approximate surface area is 94.2 Å². The van der Waals surface area contributed by atoms with Crippen LogP contribution in [0.2, 0.25) is 0 Å². The summed E-state index contributed by atoms with van der Waals surface area (Å²) in [7, 11) is 0. The van der Waals surface area contributed by atoms with Crippen LogP contribution in [-0.2, 0) is 0 Å². The van der Waals surface area contributed by atoms with Gasteiger partial charge in [-0.3, -0.25) is 10.3 Å². The average Bonchev–Trinajstić information content (AvgIpc) is 2.29. The van der Waals surface area contributed by atoms with Gasteiger partial charge in [-0.05, 0) is 18.7 Å². The number of aliphatic imine (C=N–C) groups is 1. The maximum absolute atomic E-state index is 8.50. The van der Waals surface area contributed by atoms with Gasteiger partial charge in [0.2, 0.25) is 0 Å². The first-order valence-corrected chi connectivity index (χ1v) is 5.82. The highest BCUT2D eigenvalue weighted by molar-refractivity contribution is 8.13. The molecule has 0 heterocycles. The largest absolute Gasteiger partial charge is 0.272 e. The van der Waals surface area contributed by atoms with E-state index in [1.165, 1.54) is 11.8 Å². The van der Waals surface area contributed by atoms with Gasteiger partial charge in [-0.2, -0.15) is 5.26 Å². The third kappa shape index (κ3) is 3.64. The number of amidine groups is 1. The first-order valence-electron chi connectivity index (χ1n) is 4.59. The van der Waals surface area contributed by atoms with Crippen molar-refractivity contribution in [2.75, 3.05) is 6.26 Å². The molecule has 4 heteroatoms. The first kappa shape index (κ1) is 11.6. The molecule has 0 saturated carbocycles. The molecule has 1 rings (SSSR count). The lowest BCUT2D eigenvalue weighted by atomic mass is 10.1. The second-order valence-electron chi connectivity index (χ2n) is 2.96. The van der Waals surface area contributed by atoms with Crippen molar-refractivity contribution in [3.63, 3.8) is 0 Å². The monoisotopic (exact) mass is 219 g/mol. The number of hydrogen-bond donors (Lipinski definition) is 1. The Kier molecular flexibility index (Phi) is 4.72. The summed E-state index contributed by atoms with van der Waals surface area (Å²) in [5, 5.41) is 11.7. The second-order valence-corrected chi connectivity index (χ2v) is 3.76. The Balaban J connectivity index is 2.77. The summed E-state index contributed by atoms with van der Waals surface area (Å²) in [6.07, 6.45) is 3.76. The predicted molar refractivity (Wildman–Crippen MR) is 64.6 cm³/mol. The lowest BCUT2D eigenvalue weighted by molar-refractivity contribution is 0.818. The van der Waals surface area contributed by atoms with E-state index in [0.29, 0.717) is 5.17 Å². The summed E-state index contributed by atoms with van der Waals surface area (Å²) in [4.78, 5) is 4.40. The highest BCUT2D eigenvalue weighted by atomic mass is 32.2. The van der Waals surface area contributed by atoms with Crippen LogP contribution in [0.1, 0.15) is 18.5 Å². The molecule has 1 aromatic rings. The van der Waals surface area contributed by atoms with Gasteiger partial charge in [0, 0.05) is 0 Å². The second kappa shape index (κ2) is 6.10. The van der Waals surface area contributed by atoms with Gasteiger partial charge in [-0.15, -0.1) is 0 Å². The molecule has 0 aromatic heterocycles. The van der Waals surface area contributed by atoms with E-state index in [-0.39, 0.29) is 6.04 Å². The van der Waals surface area contributed by atoms with Crippen molar-refractivity contribution in [1.82, 2.24) is 5.32 Å². The minimum atomic E-state index is 0.0644. The lowest BCUT2D eigenvalue weighted by Crippen LogP contribution is -2.14. The predicted octanol–water partition coefficient (Wildman–Crippen LogP) is 2.54. The number of benzene rings is 1. The van der Waals surface area contributed by atoms with Gasteiger partial charge < -0.3 is 0 Å². The van der Waals surface area contributed by atoms with Gasteiger partial charge in [0.05, 0.1) is 6.04 Å². The molecule has 3 nitrogen and oxygen atoms in total. The molecule has 78 valence electrons. The van der Waals surface area contributed by atoms with Crippen LogP contribution in [0.4, 0.5) is 0 Å². The van der Waals surface area contributed by atoms with E-state index in [4.69, 9.17) is 5.26 Å². The van der Waals surface area contributed by atoms with Crippen LogP contribution in [0.25, 0.3) is 0 Å². The maximum Gasteiger partial charge on any atom is 0.183 e. The number of hydrogen-bond acceptors (Lipinski definition) is 3. The Morgan fingerprint density at radius 2 is 2.13 bits per heavy atom. The van der Waals surface area contributed by atoms with Gasteiger partial charge in [0.1, 0.15) is 0 Å². The fourth-order valence-corrected chi connectivity index (χ4v) is 1.58. The summed E-state index contributed by atoms with van der Waals surface area (Å²) in [6.45, 7) is 2.00. The van der Waals surface area contributed by atoms with Gasteiger partial charge in [-0.1, -0.05) is 42.1 Å². The fraction of sp³-hybridized carbons (Fsp3) is 0.273. The smallest absolute Gasteiger partial charge is 0.183 e. The highest BCUT2D eigenvalue weighted by Gasteiger charge is 2.04. The molecule has 1 aromatic carbocycles. The summed E-state index contributed by atoms with van der Waals surface area (Å²) >= 11 is 1.43. The van der Waals surface area contributed by atoms with Gasteiger partial charge >= 0.3 is 0 Å². The third-order valence-corrected chi connectivity index (χ3v) is 2.54. The number of rotatable bonds is 2. The van der Waals surface area contributed by atoms with Gasteiger partial charge in [0.25, 0.3) is 0 Å². The molecule has 1 unspecified atom stereocenters. The van der Waals surface area contributed by atoms with E-state index in [2.05, 4.69) is 10.3 Å². The fourth-order valence-electron chi connectivity index (χ4n) is 1.17. The van der Waals surface area contributed by atoms with Crippen LogP contribution in [-0.4, -0.2) is 11.4 Å². The molecule has 15 heavy (non-hydrogen) atoms. The quantitative estimate of drug-likeness (QED) is 0.360. The van der Waals surface area contributed by atoms with Gasteiger partial charge in [-0.25, -0.2) is 0 Å². The maximum atomic E-state index is 8.50. The molecule has 0 spiro atoms. The molecular formula is C11H13N3S. The highest BCUT2D eigenvalue weighted by Crippen LogP contribution is 2.17. The number of nitriles is 1. The van der Waals surface area contributed by atoms with E-state index in [1.807, 2.05) is 49.7 Å². The zero-order chi connectivity index (χ0) is 11.1. The number of nitrogens with zero attached hydrogens (tertiary/aromatic N) is 2. The van der Waals surface area contributed by atoms with Crippen LogP contribution >= 0.6 is 11.8 Å². The third-order valence-electron chi connectivity index (χ3n) is 1.95. The lowest BCUT2D eigenvalue weighted by Gasteiger charge is -2.08. The van der Waals surface area contributed by atoms with Crippen molar-refractivity contribution < 1.29 is 0 Å². The Hall–Kier alpha value is -1.47. The molecular weight excluding hydrogens is 206 g/mol. The molecule has 0 saturated heterocycles. The molecule has 0 aliphatic heterocycles. The van der Waals surface area contributed by atoms with E-state index < -0.39 is 0 Å². The van der Waals surface area contributed by atoms with Crippen molar-refractivity contribution in [3.8, 4) is 6.19 Å². The SMILES string of the molecule is CSC(=NC(C)c1ccccc1)NC#N. The minimum absolute atomic E-state index is 0.0644. The Morgan fingerprint density at radius 3 is 2.67 bits per heavy atom. The standard InChI is InChI=1S/C11H13N3S/c1-9(10-6-4-3-5-7-10)14-11(15-2)13-8-12/h3-7,9H,1-2H3,(H,13,14). The molecule has 0 radical (unpaired) electrons. The molecule has 1 N–H and O–H groups in total. The normalized spacial score (nSPS) is 13.0. The molecule has 0 bridgehead atoms. The number of thioether (sulfide) groups is 1. The number of nitrogens with one attached hydrogen (secondary N) is 1. The first-order chi connectivity index (χ1) is 7.27. The van der Waals surface area contributed by atoms with Crippen molar-refractivity contribution in [1.29, 1.82) is 5.26 Å². The topological polar surface area (TPSA) is 48.2 Å². The molecule has 0 aliphatic carbocycles. The van der Waals surface area contributed by atoms with Crippen LogP contribution in [0.5, 0.6) is 0 Å². The zero-order valence-corrected chi connectivity index (χ0v) is 9.58. The summed E-state index contributed by atoms with van der Waals surface area (Å²) in [6, 6.07) is 10.1. The Bertz CT molecular complexity index is 367. The van der Waals surface area contributed by atoms with Crippen LogP contribution in [0, 0.1) is 11.5 Å². The minimum Gasteiger partial charge on any atom is -0.272 e. The van der Waals surface area contributed by atoms with Crippen molar-refractivity contribution in [3.05, 3.63) is 35.9 Å². The summed E-state index contributed by atoms with van der Waals surface area (Å²) in [5.74, 6) is 0. The van der Waals surface area contributed by atoms with E-state index in [0.717, 1.165) is 5.56 Å². The Morgan fingerprint density at radius 1 is 1.47 bits per heavy atom. The summed E-state index contributed by atoms with van der Waals surface area (Å²) < 4.78 is 0. The molecule has 0 amide bonds. The summed E-state index contributed by atoms with van der Waals surface area (Å²) in [5.41, 5.74) is 1.14. The zero-order valence-electron chi connectivity index (χ0n) is 8.77. The van der Waals surface area contributed by atoms with Crippen LogP contribution < -0.4 is 5.32 Å². The van der Waals surface area contributed by atoms with E-state index in [1.54, 1.807) is 0 Å². The van der Waals surface area contributed by atoms with Crippen LogP contribution in [0.15, 0.2) is 35.3 Å². The van der Waals surface area contributed by atoms with Gasteiger partial charge in [0.15, 0.2) is 11.4 Å².